The molecule has 0 radical (unpaired) electrons. The molecule has 0 N–H and O–H groups in total. The number of esters is 1. The molecule has 0 bridgehead atoms. The van der Waals surface area contributed by atoms with Gasteiger partial charge in [0.15, 0.2) is 0 Å². The van der Waals surface area contributed by atoms with E-state index in [0.717, 1.165) is 19.4 Å². The third-order valence-electron chi connectivity index (χ3n) is 3.50. The lowest BCUT2D eigenvalue weighted by atomic mass is 10.2. The van der Waals surface area contributed by atoms with Crippen molar-refractivity contribution >= 4 is 11.9 Å². The van der Waals surface area contributed by atoms with Crippen molar-refractivity contribution in [3.05, 3.63) is 23.7 Å². The van der Waals surface area contributed by atoms with Crippen molar-refractivity contribution < 1.29 is 18.7 Å². The molecule has 1 aromatic heterocycles. The van der Waals surface area contributed by atoms with Gasteiger partial charge >= 0.3 is 5.97 Å². The Hall–Kier alpha value is -1.82. The number of nitrogens with zero attached hydrogens (tertiary/aromatic N) is 2. The molecule has 6 nitrogen and oxygen atoms in total. The molecular weight excluding hydrogens is 260 g/mol. The van der Waals surface area contributed by atoms with E-state index < -0.39 is 5.97 Å². The number of methoxy groups -OCH3 is 1. The smallest absolute Gasteiger partial charge is 0.373 e. The molecular formula is C14H20N2O4. The average Bonchev–Trinajstić information content (AvgIpc) is 3.06. The first-order valence-corrected chi connectivity index (χ1v) is 6.65. The Morgan fingerprint density at radius 2 is 2.20 bits per heavy atom. The van der Waals surface area contributed by atoms with E-state index in [1.807, 2.05) is 0 Å². The molecule has 110 valence electrons. The molecule has 1 aliphatic rings. The maximum absolute atomic E-state index is 12.1. The van der Waals surface area contributed by atoms with E-state index in [-0.39, 0.29) is 17.7 Å². The van der Waals surface area contributed by atoms with E-state index in [0.29, 0.717) is 12.3 Å². The summed E-state index contributed by atoms with van der Waals surface area (Å²) in [6.45, 7) is 1.39. The number of ether oxygens (including phenoxy) is 1. The van der Waals surface area contributed by atoms with Crippen LogP contribution in [0.15, 0.2) is 16.5 Å². The van der Waals surface area contributed by atoms with Crippen LogP contribution in [-0.2, 0) is 16.1 Å². The number of likely N-dealkylation sites (N-methyl/N-ethyl adjacent to an activating group) is 1. The van der Waals surface area contributed by atoms with Gasteiger partial charge in [-0.05, 0) is 31.5 Å². The monoisotopic (exact) mass is 280 g/mol. The summed E-state index contributed by atoms with van der Waals surface area (Å²) in [4.78, 5) is 27.1. The van der Waals surface area contributed by atoms with Crippen LogP contribution in [0.4, 0.5) is 0 Å². The van der Waals surface area contributed by atoms with Gasteiger partial charge in [0.05, 0.1) is 19.7 Å². The summed E-state index contributed by atoms with van der Waals surface area (Å²) < 4.78 is 10.0. The van der Waals surface area contributed by atoms with Crippen molar-refractivity contribution in [2.45, 2.75) is 25.4 Å². The molecule has 6 heteroatoms. The number of rotatable bonds is 4. The lowest BCUT2D eigenvalue weighted by Crippen LogP contribution is -2.42. The zero-order valence-corrected chi connectivity index (χ0v) is 12.1. The van der Waals surface area contributed by atoms with E-state index >= 15 is 0 Å². The first-order valence-electron chi connectivity index (χ1n) is 6.65. The summed E-state index contributed by atoms with van der Waals surface area (Å²) in [6, 6.07) is 3.25. The highest BCUT2D eigenvalue weighted by molar-refractivity contribution is 5.86. The van der Waals surface area contributed by atoms with Crippen LogP contribution >= 0.6 is 0 Å². The van der Waals surface area contributed by atoms with E-state index in [9.17, 15) is 9.59 Å². The van der Waals surface area contributed by atoms with Gasteiger partial charge in [-0.1, -0.05) is 0 Å². The average molecular weight is 280 g/mol. The molecule has 0 saturated carbocycles. The minimum absolute atomic E-state index is 0.100. The molecule has 1 amide bonds. The van der Waals surface area contributed by atoms with E-state index in [1.54, 1.807) is 31.1 Å². The van der Waals surface area contributed by atoms with Gasteiger partial charge in [0, 0.05) is 14.1 Å². The highest BCUT2D eigenvalue weighted by Gasteiger charge is 2.32. The van der Waals surface area contributed by atoms with Gasteiger partial charge in [0.2, 0.25) is 11.7 Å². The van der Waals surface area contributed by atoms with Gasteiger partial charge in [-0.15, -0.1) is 0 Å². The lowest BCUT2D eigenvalue weighted by Gasteiger charge is -2.25. The Balaban J connectivity index is 2.03. The zero-order valence-electron chi connectivity index (χ0n) is 12.1. The minimum atomic E-state index is -0.487. The Morgan fingerprint density at radius 1 is 1.45 bits per heavy atom. The first kappa shape index (κ1) is 14.6. The Kier molecular flexibility index (Phi) is 4.44. The second kappa shape index (κ2) is 6.09. The molecule has 1 aliphatic heterocycles. The summed E-state index contributed by atoms with van der Waals surface area (Å²) in [5, 5.41) is 0. The van der Waals surface area contributed by atoms with Gasteiger partial charge in [-0.3, -0.25) is 9.69 Å². The van der Waals surface area contributed by atoms with Gasteiger partial charge in [-0.2, -0.15) is 0 Å². The molecule has 0 aliphatic carbocycles. The van der Waals surface area contributed by atoms with Gasteiger partial charge in [-0.25, -0.2) is 4.79 Å². The molecule has 1 atom stereocenters. The van der Waals surface area contributed by atoms with Crippen molar-refractivity contribution in [1.29, 1.82) is 0 Å². The number of hydrogen-bond acceptors (Lipinski definition) is 5. The number of carbonyl (C=O) groups is 2. The van der Waals surface area contributed by atoms with Crippen LogP contribution in [0.2, 0.25) is 0 Å². The molecule has 0 spiro atoms. The number of carbonyl (C=O) groups excluding carboxylic acids is 2. The minimum Gasteiger partial charge on any atom is -0.463 e. The van der Waals surface area contributed by atoms with Crippen molar-refractivity contribution in [3.8, 4) is 0 Å². The summed E-state index contributed by atoms with van der Waals surface area (Å²) in [5.74, 6) is 0.488. The van der Waals surface area contributed by atoms with Gasteiger partial charge in [0.25, 0.3) is 0 Å². The summed E-state index contributed by atoms with van der Waals surface area (Å²) in [5.41, 5.74) is 0. The maximum atomic E-state index is 12.1. The van der Waals surface area contributed by atoms with E-state index in [1.165, 1.54) is 7.11 Å². The van der Waals surface area contributed by atoms with Crippen molar-refractivity contribution in [2.24, 2.45) is 0 Å². The molecule has 2 heterocycles. The van der Waals surface area contributed by atoms with Crippen molar-refractivity contribution in [3.63, 3.8) is 0 Å². The van der Waals surface area contributed by atoms with Crippen LogP contribution in [0.1, 0.15) is 29.2 Å². The quantitative estimate of drug-likeness (QED) is 0.773. The lowest BCUT2D eigenvalue weighted by molar-refractivity contribution is -0.133. The second-order valence-corrected chi connectivity index (χ2v) is 5.12. The highest BCUT2D eigenvalue weighted by atomic mass is 16.5. The van der Waals surface area contributed by atoms with Gasteiger partial charge in [0.1, 0.15) is 5.76 Å². The third kappa shape index (κ3) is 3.01. The Labute approximate surface area is 118 Å². The topological polar surface area (TPSA) is 63.0 Å². The normalized spacial score (nSPS) is 19.1. The van der Waals surface area contributed by atoms with Crippen LogP contribution in [-0.4, -0.2) is 55.5 Å². The number of hydrogen-bond donors (Lipinski definition) is 0. The van der Waals surface area contributed by atoms with Crippen LogP contribution in [0.25, 0.3) is 0 Å². The fraction of sp³-hybridized carbons (Fsp3) is 0.571. The largest absolute Gasteiger partial charge is 0.463 e. The zero-order chi connectivity index (χ0) is 14.7. The van der Waals surface area contributed by atoms with Crippen molar-refractivity contribution in [1.82, 2.24) is 9.80 Å². The molecule has 0 aromatic carbocycles. The van der Waals surface area contributed by atoms with Crippen LogP contribution in [0, 0.1) is 0 Å². The maximum Gasteiger partial charge on any atom is 0.373 e. The molecule has 1 fully saturated rings. The van der Waals surface area contributed by atoms with Crippen molar-refractivity contribution in [2.75, 3.05) is 27.7 Å². The van der Waals surface area contributed by atoms with Crippen LogP contribution in [0.5, 0.6) is 0 Å². The molecule has 1 saturated heterocycles. The molecule has 2 rings (SSSR count). The number of furan rings is 1. The fourth-order valence-corrected chi connectivity index (χ4v) is 2.47. The third-order valence-corrected chi connectivity index (χ3v) is 3.50. The molecule has 20 heavy (non-hydrogen) atoms. The van der Waals surface area contributed by atoms with Gasteiger partial charge < -0.3 is 14.1 Å². The predicted molar refractivity (Wildman–Crippen MR) is 72.2 cm³/mol. The highest BCUT2D eigenvalue weighted by Crippen LogP contribution is 2.22. The van der Waals surface area contributed by atoms with Crippen LogP contribution < -0.4 is 0 Å². The molecule has 1 aromatic rings. The Bertz CT molecular complexity index is 495. The number of amides is 1. The summed E-state index contributed by atoms with van der Waals surface area (Å²) in [6.07, 6.45) is 1.86. The molecule has 1 unspecified atom stereocenters. The predicted octanol–water partition coefficient (Wildman–Crippen LogP) is 1.12. The van der Waals surface area contributed by atoms with Crippen LogP contribution in [0.3, 0.4) is 0 Å². The Morgan fingerprint density at radius 3 is 2.85 bits per heavy atom. The van der Waals surface area contributed by atoms with E-state index in [4.69, 9.17) is 4.42 Å². The summed E-state index contributed by atoms with van der Waals surface area (Å²) >= 11 is 0. The second-order valence-electron chi connectivity index (χ2n) is 5.12. The van der Waals surface area contributed by atoms with E-state index in [2.05, 4.69) is 9.64 Å². The SMILES string of the molecule is COC(=O)c1ccc(CN2CCCC2C(=O)N(C)C)o1. The number of likely N-dealkylation sites (tertiary alicyclic amines) is 1. The fourth-order valence-electron chi connectivity index (χ4n) is 2.47. The standard InChI is InChI=1S/C14H20N2O4/c1-15(2)13(17)11-5-4-8-16(11)9-10-6-7-12(20-10)14(18)19-3/h6-7,11H,4-5,8-9H2,1-3H3. The first-order chi connectivity index (χ1) is 9.52. The summed E-state index contributed by atoms with van der Waals surface area (Å²) in [7, 11) is 4.85.